The molecule has 0 bridgehead atoms. The first-order valence-electron chi connectivity index (χ1n) is 10.8. The topological polar surface area (TPSA) is 54.8 Å². The van der Waals surface area contributed by atoms with Gasteiger partial charge < -0.3 is 4.90 Å². The van der Waals surface area contributed by atoms with Crippen LogP contribution >= 0.6 is 11.8 Å². The summed E-state index contributed by atoms with van der Waals surface area (Å²) in [6.45, 7) is 2.06. The van der Waals surface area contributed by atoms with Gasteiger partial charge in [-0.25, -0.2) is 9.97 Å². The fourth-order valence-electron chi connectivity index (χ4n) is 4.97. The Bertz CT molecular complexity index is 1200. The molecule has 1 aliphatic carbocycles. The van der Waals surface area contributed by atoms with Gasteiger partial charge in [-0.3, -0.25) is 9.97 Å². The standard InChI is InChI=1S/C25H23N5S/c1-2-6-20-19(5-1)22(7-11-27-20)31-24-17-28-23(16-29-24)30-12-8-25(9-13-30)14-18-4-3-10-26-21(18)15-25/h1-7,10-11,16-17H,8-9,12-15H2. The van der Waals surface area contributed by atoms with Crippen molar-refractivity contribution in [2.75, 3.05) is 18.0 Å². The van der Waals surface area contributed by atoms with Crippen molar-refractivity contribution in [1.82, 2.24) is 19.9 Å². The van der Waals surface area contributed by atoms with Crippen LogP contribution in [0.15, 0.2) is 77.2 Å². The molecule has 3 aromatic heterocycles. The van der Waals surface area contributed by atoms with Crippen LogP contribution in [0.4, 0.5) is 5.82 Å². The summed E-state index contributed by atoms with van der Waals surface area (Å²) in [6, 6.07) is 14.6. The number of nitrogens with zero attached hydrogens (tertiary/aromatic N) is 5. The number of aromatic nitrogens is 4. The maximum absolute atomic E-state index is 4.75. The van der Waals surface area contributed by atoms with Gasteiger partial charge in [0.15, 0.2) is 0 Å². The Morgan fingerprint density at radius 1 is 0.806 bits per heavy atom. The maximum atomic E-state index is 4.75. The van der Waals surface area contributed by atoms with Crippen LogP contribution in [0.2, 0.25) is 0 Å². The van der Waals surface area contributed by atoms with Crippen molar-refractivity contribution >= 4 is 28.5 Å². The number of rotatable bonds is 3. The Kier molecular flexibility index (Phi) is 4.60. The lowest BCUT2D eigenvalue weighted by atomic mass is 9.76. The minimum Gasteiger partial charge on any atom is -0.355 e. The first-order valence-corrected chi connectivity index (χ1v) is 11.6. The Morgan fingerprint density at radius 3 is 2.55 bits per heavy atom. The zero-order valence-corrected chi connectivity index (χ0v) is 18.1. The number of anilines is 1. The smallest absolute Gasteiger partial charge is 0.147 e. The average molecular weight is 426 g/mol. The van der Waals surface area contributed by atoms with Gasteiger partial charge in [-0.1, -0.05) is 36.0 Å². The van der Waals surface area contributed by atoms with E-state index in [-0.39, 0.29) is 0 Å². The molecule has 0 unspecified atom stereocenters. The molecule has 1 fully saturated rings. The number of para-hydroxylation sites is 1. The molecule has 0 N–H and O–H groups in total. The molecule has 6 rings (SSSR count). The largest absolute Gasteiger partial charge is 0.355 e. The molecule has 4 aromatic rings. The minimum atomic E-state index is 0.388. The average Bonchev–Trinajstić information content (AvgIpc) is 3.18. The third-order valence-electron chi connectivity index (χ3n) is 6.68. The lowest BCUT2D eigenvalue weighted by Gasteiger charge is -2.39. The summed E-state index contributed by atoms with van der Waals surface area (Å²) >= 11 is 1.64. The first-order chi connectivity index (χ1) is 15.3. The van der Waals surface area contributed by atoms with Gasteiger partial charge in [0.1, 0.15) is 10.8 Å². The van der Waals surface area contributed by atoms with Crippen molar-refractivity contribution in [3.05, 3.63) is 78.5 Å². The molecule has 0 radical (unpaired) electrons. The van der Waals surface area contributed by atoms with E-state index in [2.05, 4.69) is 33.1 Å². The van der Waals surface area contributed by atoms with Gasteiger partial charge in [-0.2, -0.15) is 0 Å². The van der Waals surface area contributed by atoms with E-state index >= 15 is 0 Å². The molecule has 0 amide bonds. The van der Waals surface area contributed by atoms with Gasteiger partial charge in [-0.05, 0) is 54.9 Å². The summed E-state index contributed by atoms with van der Waals surface area (Å²) in [5.41, 5.74) is 4.14. The summed E-state index contributed by atoms with van der Waals surface area (Å²) in [4.78, 5) is 22.0. The second-order valence-electron chi connectivity index (χ2n) is 8.59. The molecule has 4 heterocycles. The van der Waals surface area contributed by atoms with Gasteiger partial charge in [0.25, 0.3) is 0 Å². The Hall–Kier alpha value is -2.99. The molecule has 0 atom stereocenters. The molecule has 1 spiro atoms. The molecule has 1 aliphatic heterocycles. The number of benzene rings is 1. The summed E-state index contributed by atoms with van der Waals surface area (Å²) in [6.07, 6.45) is 12.3. The van der Waals surface area contributed by atoms with Gasteiger partial charge in [0.05, 0.1) is 17.9 Å². The third-order valence-corrected chi connectivity index (χ3v) is 7.67. The van der Waals surface area contributed by atoms with Crippen molar-refractivity contribution in [1.29, 1.82) is 0 Å². The van der Waals surface area contributed by atoms with Gasteiger partial charge in [0.2, 0.25) is 0 Å². The fourth-order valence-corrected chi connectivity index (χ4v) is 5.82. The van der Waals surface area contributed by atoms with E-state index < -0.39 is 0 Å². The number of pyridine rings is 2. The van der Waals surface area contributed by atoms with Crippen molar-refractivity contribution in [3.8, 4) is 0 Å². The van der Waals surface area contributed by atoms with E-state index in [1.165, 1.54) is 30.5 Å². The van der Waals surface area contributed by atoms with E-state index in [0.29, 0.717) is 5.41 Å². The zero-order valence-electron chi connectivity index (χ0n) is 17.2. The molecule has 154 valence electrons. The highest BCUT2D eigenvalue weighted by Crippen LogP contribution is 2.44. The Labute approximate surface area is 186 Å². The number of hydrogen-bond acceptors (Lipinski definition) is 6. The summed E-state index contributed by atoms with van der Waals surface area (Å²) in [5, 5.41) is 2.06. The van der Waals surface area contributed by atoms with Gasteiger partial charge >= 0.3 is 0 Å². The molecule has 0 saturated carbocycles. The summed E-state index contributed by atoms with van der Waals surface area (Å²) in [7, 11) is 0. The lowest BCUT2D eigenvalue weighted by Crippen LogP contribution is -2.41. The van der Waals surface area contributed by atoms with Gasteiger partial charge in [0, 0.05) is 41.5 Å². The highest BCUT2D eigenvalue weighted by molar-refractivity contribution is 7.99. The molecule has 1 saturated heterocycles. The zero-order chi connectivity index (χ0) is 20.7. The third kappa shape index (κ3) is 3.55. The second kappa shape index (κ2) is 7.61. The predicted molar refractivity (Wildman–Crippen MR) is 123 cm³/mol. The molecule has 5 nitrogen and oxygen atoms in total. The quantitative estimate of drug-likeness (QED) is 0.463. The van der Waals surface area contributed by atoms with Crippen LogP contribution < -0.4 is 4.90 Å². The predicted octanol–water partition coefficient (Wildman–Crippen LogP) is 4.96. The van der Waals surface area contributed by atoms with Crippen molar-refractivity contribution < 1.29 is 0 Å². The normalized spacial score (nSPS) is 17.2. The highest BCUT2D eigenvalue weighted by atomic mass is 32.2. The van der Waals surface area contributed by atoms with E-state index in [0.717, 1.165) is 46.2 Å². The molecule has 2 aliphatic rings. The summed E-state index contributed by atoms with van der Waals surface area (Å²) < 4.78 is 0. The molecule has 31 heavy (non-hydrogen) atoms. The fraction of sp³-hybridized carbons (Fsp3) is 0.280. The van der Waals surface area contributed by atoms with E-state index in [9.17, 15) is 0 Å². The molecular formula is C25H23N5S. The van der Waals surface area contributed by atoms with Crippen LogP contribution in [0.25, 0.3) is 10.9 Å². The van der Waals surface area contributed by atoms with Crippen LogP contribution in [0, 0.1) is 5.41 Å². The van der Waals surface area contributed by atoms with Crippen molar-refractivity contribution in [3.63, 3.8) is 0 Å². The number of hydrogen-bond donors (Lipinski definition) is 0. The maximum Gasteiger partial charge on any atom is 0.147 e. The number of fused-ring (bicyclic) bond motifs is 2. The summed E-state index contributed by atoms with van der Waals surface area (Å²) in [5.74, 6) is 0.979. The number of piperidine rings is 1. The van der Waals surface area contributed by atoms with Crippen molar-refractivity contribution in [2.45, 2.75) is 35.6 Å². The Balaban J connectivity index is 1.14. The monoisotopic (exact) mass is 425 g/mol. The van der Waals surface area contributed by atoms with Gasteiger partial charge in [-0.15, -0.1) is 0 Å². The minimum absolute atomic E-state index is 0.388. The van der Waals surface area contributed by atoms with Crippen LogP contribution in [-0.2, 0) is 12.8 Å². The molecule has 6 heteroatoms. The van der Waals surface area contributed by atoms with E-state index in [1.807, 2.05) is 49.1 Å². The second-order valence-corrected chi connectivity index (χ2v) is 9.65. The van der Waals surface area contributed by atoms with Crippen molar-refractivity contribution in [2.24, 2.45) is 5.41 Å². The highest BCUT2D eigenvalue weighted by Gasteiger charge is 2.40. The van der Waals surface area contributed by atoms with Crippen LogP contribution in [0.1, 0.15) is 24.1 Å². The van der Waals surface area contributed by atoms with E-state index in [1.54, 1.807) is 11.8 Å². The molecular weight excluding hydrogens is 402 g/mol. The molecule has 1 aromatic carbocycles. The van der Waals surface area contributed by atoms with E-state index in [4.69, 9.17) is 9.97 Å². The first kappa shape index (κ1) is 18.8. The van der Waals surface area contributed by atoms with Crippen LogP contribution in [0.3, 0.4) is 0 Å². The Morgan fingerprint density at radius 2 is 1.71 bits per heavy atom. The SMILES string of the molecule is c1cnc2c(c1)CC1(CCN(c3cnc(Sc4ccnc5ccccc45)cn3)CC1)C2. The van der Waals surface area contributed by atoms with Crippen LogP contribution in [0.5, 0.6) is 0 Å². The van der Waals surface area contributed by atoms with Crippen LogP contribution in [-0.4, -0.2) is 33.0 Å². The lowest BCUT2D eigenvalue weighted by molar-refractivity contribution is 0.231.